The van der Waals surface area contributed by atoms with Crippen LogP contribution in [0, 0.1) is 5.41 Å². The van der Waals surface area contributed by atoms with Crippen LogP contribution in [-0.2, 0) is 0 Å². The van der Waals surface area contributed by atoms with E-state index in [1.165, 1.54) is 42.8 Å². The van der Waals surface area contributed by atoms with Crippen LogP contribution in [0.1, 0.15) is 63.1 Å². The van der Waals surface area contributed by atoms with E-state index < -0.39 is 5.97 Å². The molecule has 0 saturated heterocycles. The first-order valence-electron chi connectivity index (χ1n) is 7.91. The lowest BCUT2D eigenvalue weighted by Crippen LogP contribution is -2.19. The zero-order valence-electron chi connectivity index (χ0n) is 14.3. The zero-order chi connectivity index (χ0) is 17.0. The minimum absolute atomic E-state index is 0.180. The molecule has 0 radical (unpaired) electrons. The largest absolute Gasteiger partial charge is 0.475 e. The standard InChI is InChI=1S/C19H24N2O2/c1-13(10-15-11-20-17(18(22)23)21-12-15)7-8-16-14(2)6-5-9-19(16,3)4/h7-8,10-12H,5-6,9H2,1-4H3,(H,22,23)/b8-7+,13-10+. The molecule has 0 bridgehead atoms. The maximum absolute atomic E-state index is 10.7. The van der Waals surface area contributed by atoms with Crippen LogP contribution in [-0.4, -0.2) is 21.0 Å². The van der Waals surface area contributed by atoms with Crippen molar-refractivity contribution < 1.29 is 9.90 Å². The van der Waals surface area contributed by atoms with Crippen LogP contribution in [0.25, 0.3) is 6.08 Å². The van der Waals surface area contributed by atoms with Crippen LogP contribution in [0.4, 0.5) is 0 Å². The van der Waals surface area contributed by atoms with Gasteiger partial charge in [-0.1, -0.05) is 37.1 Å². The van der Waals surface area contributed by atoms with E-state index in [1.807, 2.05) is 13.0 Å². The van der Waals surface area contributed by atoms with Crippen LogP contribution in [0.15, 0.2) is 41.3 Å². The molecule has 1 aliphatic rings. The molecule has 0 aromatic carbocycles. The summed E-state index contributed by atoms with van der Waals surface area (Å²) in [7, 11) is 0. The Balaban J connectivity index is 2.17. The normalized spacial score (nSPS) is 18.5. The molecule has 1 heterocycles. The molecule has 1 aromatic heterocycles. The number of carboxylic acid groups (broad SMARTS) is 1. The molecule has 0 unspecified atom stereocenters. The summed E-state index contributed by atoms with van der Waals surface area (Å²) in [5, 5.41) is 8.80. The highest BCUT2D eigenvalue weighted by Crippen LogP contribution is 2.40. The fourth-order valence-electron chi connectivity index (χ4n) is 3.06. The fourth-order valence-corrected chi connectivity index (χ4v) is 3.06. The molecular formula is C19H24N2O2. The van der Waals surface area contributed by atoms with Gasteiger partial charge in [-0.2, -0.15) is 0 Å². The van der Waals surface area contributed by atoms with Crippen molar-refractivity contribution in [2.45, 2.75) is 47.0 Å². The van der Waals surface area contributed by atoms with Gasteiger partial charge < -0.3 is 5.11 Å². The lowest BCUT2D eigenvalue weighted by Gasteiger charge is -2.32. The first kappa shape index (κ1) is 17.1. The highest BCUT2D eigenvalue weighted by Gasteiger charge is 2.26. The Kier molecular flexibility index (Phi) is 5.14. The number of rotatable bonds is 4. The molecule has 0 aliphatic heterocycles. The van der Waals surface area contributed by atoms with E-state index in [4.69, 9.17) is 5.11 Å². The third-order valence-corrected chi connectivity index (χ3v) is 4.31. The molecule has 0 amide bonds. The van der Waals surface area contributed by atoms with E-state index in [1.54, 1.807) is 0 Å². The van der Waals surface area contributed by atoms with Crippen molar-refractivity contribution in [3.05, 3.63) is 52.7 Å². The van der Waals surface area contributed by atoms with Gasteiger partial charge in [0.25, 0.3) is 0 Å². The lowest BCUT2D eigenvalue weighted by molar-refractivity contribution is 0.0683. The molecule has 2 rings (SSSR count). The molecule has 23 heavy (non-hydrogen) atoms. The topological polar surface area (TPSA) is 63.1 Å². The van der Waals surface area contributed by atoms with Crippen molar-refractivity contribution in [1.82, 2.24) is 9.97 Å². The van der Waals surface area contributed by atoms with Gasteiger partial charge in [0.05, 0.1) is 0 Å². The van der Waals surface area contributed by atoms with Gasteiger partial charge in [0, 0.05) is 18.0 Å². The van der Waals surface area contributed by atoms with E-state index in [0.717, 1.165) is 11.1 Å². The molecular weight excluding hydrogens is 288 g/mol. The third kappa shape index (κ3) is 4.38. The number of carbonyl (C=O) groups is 1. The Bertz CT molecular complexity index is 680. The van der Waals surface area contributed by atoms with E-state index in [2.05, 4.69) is 42.9 Å². The van der Waals surface area contributed by atoms with E-state index in [-0.39, 0.29) is 11.2 Å². The van der Waals surface area contributed by atoms with Gasteiger partial charge in [-0.05, 0) is 50.2 Å². The van der Waals surface area contributed by atoms with E-state index in [9.17, 15) is 4.79 Å². The first-order chi connectivity index (χ1) is 10.8. The summed E-state index contributed by atoms with van der Waals surface area (Å²) in [4.78, 5) is 18.4. The van der Waals surface area contributed by atoms with Crippen molar-refractivity contribution in [2.75, 3.05) is 0 Å². The lowest BCUT2D eigenvalue weighted by atomic mass is 9.72. The summed E-state index contributed by atoms with van der Waals surface area (Å²) >= 11 is 0. The second-order valence-electron chi connectivity index (χ2n) is 6.80. The second kappa shape index (κ2) is 6.90. The fraction of sp³-hybridized carbons (Fsp3) is 0.421. The van der Waals surface area contributed by atoms with Gasteiger partial charge in [0.2, 0.25) is 5.82 Å². The monoisotopic (exact) mass is 312 g/mol. The van der Waals surface area contributed by atoms with Gasteiger partial charge >= 0.3 is 5.97 Å². The van der Waals surface area contributed by atoms with Gasteiger partial charge in [0.1, 0.15) is 0 Å². The van der Waals surface area contributed by atoms with Crippen LogP contribution in [0.5, 0.6) is 0 Å². The number of aromatic nitrogens is 2. The number of hydrogen-bond donors (Lipinski definition) is 1. The minimum atomic E-state index is -1.11. The Morgan fingerprint density at radius 1 is 1.30 bits per heavy atom. The Morgan fingerprint density at radius 2 is 1.96 bits per heavy atom. The van der Waals surface area contributed by atoms with Gasteiger partial charge in [-0.3, -0.25) is 0 Å². The number of allylic oxidation sites excluding steroid dienone is 5. The summed E-state index contributed by atoms with van der Waals surface area (Å²) in [6.45, 7) is 8.84. The summed E-state index contributed by atoms with van der Waals surface area (Å²) in [6, 6.07) is 0. The second-order valence-corrected chi connectivity index (χ2v) is 6.80. The van der Waals surface area contributed by atoms with E-state index >= 15 is 0 Å². The Labute approximate surface area is 137 Å². The maximum atomic E-state index is 10.7. The first-order valence-corrected chi connectivity index (χ1v) is 7.91. The summed E-state index contributed by atoms with van der Waals surface area (Å²) in [5.41, 5.74) is 5.00. The van der Waals surface area contributed by atoms with Crippen molar-refractivity contribution in [3.63, 3.8) is 0 Å². The van der Waals surface area contributed by atoms with Crippen LogP contribution in [0.3, 0.4) is 0 Å². The summed E-state index contributed by atoms with van der Waals surface area (Å²) in [5.74, 6) is -1.29. The molecule has 1 N–H and O–H groups in total. The van der Waals surface area contributed by atoms with Crippen molar-refractivity contribution in [3.8, 4) is 0 Å². The summed E-state index contributed by atoms with van der Waals surface area (Å²) in [6.07, 6.45) is 13.0. The number of hydrogen-bond acceptors (Lipinski definition) is 3. The predicted octanol–water partition coefficient (Wildman–Crippen LogP) is 4.66. The molecule has 122 valence electrons. The van der Waals surface area contributed by atoms with Crippen molar-refractivity contribution in [2.24, 2.45) is 5.41 Å². The van der Waals surface area contributed by atoms with Crippen LogP contribution < -0.4 is 0 Å². The van der Waals surface area contributed by atoms with Crippen LogP contribution in [0.2, 0.25) is 0 Å². The smallest absolute Gasteiger partial charge is 0.373 e. The van der Waals surface area contributed by atoms with Crippen LogP contribution >= 0.6 is 0 Å². The van der Waals surface area contributed by atoms with Gasteiger partial charge in [-0.25, -0.2) is 14.8 Å². The van der Waals surface area contributed by atoms with E-state index in [0.29, 0.717) is 0 Å². The third-order valence-electron chi connectivity index (χ3n) is 4.31. The number of aromatic carboxylic acids is 1. The molecule has 0 fully saturated rings. The minimum Gasteiger partial charge on any atom is -0.475 e. The highest BCUT2D eigenvalue weighted by molar-refractivity contribution is 5.83. The molecule has 4 nitrogen and oxygen atoms in total. The maximum Gasteiger partial charge on any atom is 0.373 e. The average Bonchev–Trinajstić information content (AvgIpc) is 2.46. The number of carboxylic acids is 1. The Hall–Kier alpha value is -2.23. The quantitative estimate of drug-likeness (QED) is 0.821. The SMILES string of the molecule is CC1=C(/C=C/C(C)=C/c2cnc(C(=O)O)nc2)C(C)(C)CCC1. The zero-order valence-corrected chi connectivity index (χ0v) is 14.3. The highest BCUT2D eigenvalue weighted by atomic mass is 16.4. The molecule has 0 atom stereocenters. The molecule has 4 heteroatoms. The molecule has 1 aliphatic carbocycles. The average molecular weight is 312 g/mol. The van der Waals surface area contributed by atoms with Crippen molar-refractivity contribution >= 4 is 12.0 Å². The van der Waals surface area contributed by atoms with Gasteiger partial charge in [-0.15, -0.1) is 0 Å². The molecule has 1 aromatic rings. The number of nitrogens with zero attached hydrogens (tertiary/aromatic N) is 2. The molecule has 0 spiro atoms. The van der Waals surface area contributed by atoms with Crippen molar-refractivity contribution in [1.29, 1.82) is 0 Å². The van der Waals surface area contributed by atoms with Gasteiger partial charge in [0.15, 0.2) is 0 Å². The Morgan fingerprint density at radius 3 is 2.52 bits per heavy atom. The predicted molar refractivity (Wildman–Crippen MR) is 92.1 cm³/mol. The molecule has 0 saturated carbocycles. The summed E-state index contributed by atoms with van der Waals surface area (Å²) < 4.78 is 0.